The molecule has 0 aromatic carbocycles. The molecule has 4 nitrogen and oxygen atoms in total. The van der Waals surface area contributed by atoms with Crippen molar-refractivity contribution in [1.82, 2.24) is 0 Å². The molecule has 0 amide bonds. The van der Waals surface area contributed by atoms with Gasteiger partial charge in [0.1, 0.15) is 0 Å². The Morgan fingerprint density at radius 1 is 1.24 bits per heavy atom. The van der Waals surface area contributed by atoms with E-state index in [0.717, 1.165) is 18.1 Å². The van der Waals surface area contributed by atoms with Gasteiger partial charge in [-0.2, -0.15) is 0 Å². The van der Waals surface area contributed by atoms with Crippen molar-refractivity contribution in [3.63, 3.8) is 0 Å². The molecule has 0 aromatic rings. The Hall–Kier alpha value is -0.360. The van der Waals surface area contributed by atoms with Crippen LogP contribution in [0.3, 0.4) is 0 Å². The zero-order valence-electron chi connectivity index (χ0n) is 13.3. The fourth-order valence-corrected chi connectivity index (χ4v) is 4.83. The molecule has 0 radical (unpaired) electrons. The SMILES string of the molecule is CC(OC(=O)CCCC[C@@H]1CCSS1)OC(=O)C(C)(C)C. The van der Waals surface area contributed by atoms with Gasteiger partial charge in [0.05, 0.1) is 5.41 Å². The van der Waals surface area contributed by atoms with Crippen molar-refractivity contribution in [2.45, 2.75) is 71.3 Å². The van der Waals surface area contributed by atoms with Gasteiger partial charge >= 0.3 is 11.9 Å². The topological polar surface area (TPSA) is 52.6 Å². The summed E-state index contributed by atoms with van der Waals surface area (Å²) in [5.41, 5.74) is -0.586. The molecule has 1 rings (SSSR count). The normalized spacial score (nSPS) is 20.1. The summed E-state index contributed by atoms with van der Waals surface area (Å²) in [6.45, 7) is 6.88. The third kappa shape index (κ3) is 8.00. The number of carbonyl (C=O) groups is 2. The molecule has 0 aliphatic carbocycles. The Morgan fingerprint density at radius 3 is 2.52 bits per heavy atom. The molecule has 0 spiro atoms. The van der Waals surface area contributed by atoms with Gasteiger partial charge < -0.3 is 9.47 Å². The van der Waals surface area contributed by atoms with E-state index >= 15 is 0 Å². The van der Waals surface area contributed by atoms with Crippen molar-refractivity contribution >= 4 is 33.5 Å². The predicted molar refractivity (Wildman–Crippen MR) is 88.0 cm³/mol. The van der Waals surface area contributed by atoms with Crippen LogP contribution in [0, 0.1) is 5.41 Å². The third-order valence-corrected chi connectivity index (χ3v) is 6.07. The number of hydrogen-bond donors (Lipinski definition) is 0. The maximum absolute atomic E-state index is 11.7. The minimum atomic E-state index is -0.814. The van der Waals surface area contributed by atoms with Gasteiger partial charge in [0.25, 0.3) is 0 Å². The average Bonchev–Trinajstić information content (AvgIpc) is 2.86. The van der Waals surface area contributed by atoms with Gasteiger partial charge in [-0.15, -0.1) is 0 Å². The highest BCUT2D eigenvalue weighted by atomic mass is 33.1. The average molecular weight is 335 g/mol. The standard InChI is InChI=1S/C15H26O4S2/c1-11(19-14(17)15(2,3)4)18-13(16)8-6-5-7-12-9-10-20-21-12/h11-12H,5-10H2,1-4H3/t11?,12-/m1/s1. The first-order chi connectivity index (χ1) is 9.79. The van der Waals surface area contributed by atoms with Crippen LogP contribution in [-0.2, 0) is 19.1 Å². The zero-order valence-corrected chi connectivity index (χ0v) is 15.0. The van der Waals surface area contributed by atoms with Crippen LogP contribution in [0.1, 0.15) is 59.8 Å². The van der Waals surface area contributed by atoms with Gasteiger partial charge in [-0.3, -0.25) is 9.59 Å². The second-order valence-electron chi connectivity index (χ2n) is 6.29. The van der Waals surface area contributed by atoms with Crippen molar-refractivity contribution in [2.75, 3.05) is 5.75 Å². The fourth-order valence-electron chi connectivity index (χ4n) is 1.80. The molecule has 122 valence electrons. The van der Waals surface area contributed by atoms with Gasteiger partial charge in [-0.05, 0) is 40.0 Å². The second-order valence-corrected chi connectivity index (χ2v) is 9.07. The minimum Gasteiger partial charge on any atom is -0.425 e. The third-order valence-electron chi connectivity index (χ3n) is 3.07. The monoisotopic (exact) mass is 334 g/mol. The molecule has 0 bridgehead atoms. The Kier molecular flexibility index (Phi) is 7.95. The Morgan fingerprint density at radius 2 is 1.95 bits per heavy atom. The molecule has 6 heteroatoms. The van der Waals surface area contributed by atoms with Crippen LogP contribution in [-0.4, -0.2) is 29.2 Å². The first-order valence-corrected chi connectivity index (χ1v) is 9.86. The Bertz CT molecular complexity index is 346. The van der Waals surface area contributed by atoms with Crippen LogP contribution in [0.4, 0.5) is 0 Å². The number of carbonyl (C=O) groups excluding carboxylic acids is 2. The van der Waals surface area contributed by atoms with E-state index in [2.05, 4.69) is 0 Å². The van der Waals surface area contributed by atoms with Gasteiger partial charge in [0, 0.05) is 24.3 Å². The number of unbranched alkanes of at least 4 members (excludes halogenated alkanes) is 1. The first kappa shape index (κ1) is 18.7. The smallest absolute Gasteiger partial charge is 0.314 e. The largest absolute Gasteiger partial charge is 0.425 e. The lowest BCUT2D eigenvalue weighted by Crippen LogP contribution is -2.29. The van der Waals surface area contributed by atoms with Crippen molar-refractivity contribution in [3.05, 3.63) is 0 Å². The summed E-state index contributed by atoms with van der Waals surface area (Å²) in [4.78, 5) is 23.3. The summed E-state index contributed by atoms with van der Waals surface area (Å²) in [5.74, 6) is 0.588. The van der Waals surface area contributed by atoms with Crippen molar-refractivity contribution in [1.29, 1.82) is 0 Å². The number of ether oxygens (including phenoxy) is 2. The first-order valence-electron chi connectivity index (χ1n) is 7.48. The van der Waals surface area contributed by atoms with Crippen molar-refractivity contribution in [2.24, 2.45) is 5.41 Å². The van der Waals surface area contributed by atoms with Gasteiger partial charge in [0.15, 0.2) is 0 Å². The predicted octanol–water partition coefficient (Wildman–Crippen LogP) is 4.18. The lowest BCUT2D eigenvalue weighted by molar-refractivity contribution is -0.190. The highest BCUT2D eigenvalue weighted by molar-refractivity contribution is 8.77. The van der Waals surface area contributed by atoms with Crippen LogP contribution in [0.5, 0.6) is 0 Å². The summed E-state index contributed by atoms with van der Waals surface area (Å²) < 4.78 is 10.2. The second kappa shape index (κ2) is 8.93. The summed E-state index contributed by atoms with van der Waals surface area (Å²) in [6.07, 6.45) is 3.90. The molecule has 1 unspecified atom stereocenters. The zero-order chi connectivity index (χ0) is 15.9. The molecule has 1 heterocycles. The quantitative estimate of drug-likeness (QED) is 0.301. The summed E-state index contributed by atoms with van der Waals surface area (Å²) in [7, 11) is 3.90. The Labute approximate surface area is 135 Å². The van der Waals surface area contributed by atoms with E-state index in [0.29, 0.717) is 6.42 Å². The van der Waals surface area contributed by atoms with Gasteiger partial charge in [-0.25, -0.2) is 0 Å². The lowest BCUT2D eigenvalue weighted by atomic mass is 9.97. The molecule has 2 atom stereocenters. The molecule has 0 saturated carbocycles. The fraction of sp³-hybridized carbons (Fsp3) is 0.867. The minimum absolute atomic E-state index is 0.294. The molecule has 0 N–H and O–H groups in total. The number of esters is 2. The molecular formula is C15H26O4S2. The van der Waals surface area contributed by atoms with E-state index in [1.807, 2.05) is 21.6 Å². The maximum atomic E-state index is 11.7. The number of rotatable bonds is 7. The van der Waals surface area contributed by atoms with E-state index < -0.39 is 11.7 Å². The molecular weight excluding hydrogens is 308 g/mol. The molecule has 1 saturated heterocycles. The summed E-state index contributed by atoms with van der Waals surface area (Å²) >= 11 is 0. The summed E-state index contributed by atoms with van der Waals surface area (Å²) in [5, 5.41) is 0.748. The Balaban J connectivity index is 2.10. The molecule has 1 aliphatic rings. The molecule has 21 heavy (non-hydrogen) atoms. The summed E-state index contributed by atoms with van der Waals surface area (Å²) in [6, 6.07) is 0. The van der Waals surface area contributed by atoms with Crippen LogP contribution >= 0.6 is 21.6 Å². The van der Waals surface area contributed by atoms with Crippen molar-refractivity contribution in [3.8, 4) is 0 Å². The van der Waals surface area contributed by atoms with Crippen molar-refractivity contribution < 1.29 is 19.1 Å². The van der Waals surface area contributed by atoms with E-state index in [-0.39, 0.29) is 11.9 Å². The maximum Gasteiger partial charge on any atom is 0.314 e. The molecule has 1 fully saturated rings. The molecule has 0 aromatic heterocycles. The highest BCUT2D eigenvalue weighted by Gasteiger charge is 2.26. The van der Waals surface area contributed by atoms with Gasteiger partial charge in [0.2, 0.25) is 6.29 Å². The number of hydrogen-bond acceptors (Lipinski definition) is 6. The van der Waals surface area contributed by atoms with Crippen LogP contribution in [0.2, 0.25) is 0 Å². The van der Waals surface area contributed by atoms with E-state index in [1.165, 1.54) is 18.6 Å². The van der Waals surface area contributed by atoms with E-state index in [9.17, 15) is 9.59 Å². The van der Waals surface area contributed by atoms with E-state index in [4.69, 9.17) is 9.47 Å². The van der Waals surface area contributed by atoms with E-state index in [1.54, 1.807) is 27.7 Å². The van der Waals surface area contributed by atoms with Crippen LogP contribution in [0.25, 0.3) is 0 Å². The van der Waals surface area contributed by atoms with Crippen LogP contribution in [0.15, 0.2) is 0 Å². The highest BCUT2D eigenvalue weighted by Crippen LogP contribution is 2.39. The lowest BCUT2D eigenvalue weighted by Gasteiger charge is -2.20. The van der Waals surface area contributed by atoms with Crippen LogP contribution < -0.4 is 0 Å². The molecule has 1 aliphatic heterocycles. The van der Waals surface area contributed by atoms with Gasteiger partial charge in [-0.1, -0.05) is 28.0 Å².